The molecule has 1 aromatic carbocycles. The largest absolute Gasteiger partial charge is 0.477 e. The van der Waals surface area contributed by atoms with Crippen LogP contribution in [0.5, 0.6) is 5.75 Å². The summed E-state index contributed by atoms with van der Waals surface area (Å²) in [5.74, 6) is -1.06. The lowest BCUT2D eigenvalue weighted by molar-refractivity contribution is -0.157. The number of thioether (sulfide) groups is 2. The molecule has 9 heteroatoms. The van der Waals surface area contributed by atoms with Crippen molar-refractivity contribution in [1.82, 2.24) is 9.80 Å². The van der Waals surface area contributed by atoms with Crippen molar-refractivity contribution in [3.8, 4) is 5.75 Å². The highest BCUT2D eigenvalue weighted by atomic mass is 32.2. The van der Waals surface area contributed by atoms with Crippen molar-refractivity contribution in [2.45, 2.75) is 49.6 Å². The van der Waals surface area contributed by atoms with Crippen molar-refractivity contribution >= 4 is 35.4 Å². The van der Waals surface area contributed by atoms with Gasteiger partial charge in [0.15, 0.2) is 5.70 Å². The van der Waals surface area contributed by atoms with Gasteiger partial charge in [-0.2, -0.15) is 0 Å². The van der Waals surface area contributed by atoms with E-state index in [2.05, 4.69) is 4.90 Å². The summed E-state index contributed by atoms with van der Waals surface area (Å²) in [7, 11) is 0. The maximum absolute atomic E-state index is 12.5. The van der Waals surface area contributed by atoms with Crippen LogP contribution in [0.3, 0.4) is 0 Å². The number of likely N-dealkylation sites (tertiary alicyclic amines) is 1. The molecule has 0 aliphatic carbocycles. The summed E-state index contributed by atoms with van der Waals surface area (Å²) >= 11 is 2.95. The van der Waals surface area contributed by atoms with Crippen molar-refractivity contribution in [2.75, 3.05) is 13.1 Å². The molecule has 2 fully saturated rings. The summed E-state index contributed by atoms with van der Waals surface area (Å²) in [6, 6.07) is 9.69. The third kappa shape index (κ3) is 3.95. The number of aliphatic hydroxyl groups is 1. The van der Waals surface area contributed by atoms with Crippen molar-refractivity contribution < 1.29 is 24.5 Å². The zero-order chi connectivity index (χ0) is 21.4. The summed E-state index contributed by atoms with van der Waals surface area (Å²) in [6.45, 7) is 5.51. The Balaban J connectivity index is 1.39. The van der Waals surface area contributed by atoms with Gasteiger partial charge in [-0.15, -0.1) is 11.8 Å². The minimum Gasteiger partial charge on any atom is -0.477 e. The first-order valence-corrected chi connectivity index (χ1v) is 11.9. The van der Waals surface area contributed by atoms with Gasteiger partial charge in [-0.3, -0.25) is 14.6 Å². The van der Waals surface area contributed by atoms with Gasteiger partial charge >= 0.3 is 5.97 Å². The van der Waals surface area contributed by atoms with E-state index in [1.165, 1.54) is 28.4 Å². The van der Waals surface area contributed by atoms with Crippen LogP contribution in [0.1, 0.15) is 26.7 Å². The van der Waals surface area contributed by atoms with Crippen LogP contribution in [0.25, 0.3) is 0 Å². The lowest BCUT2D eigenvalue weighted by atomic mass is 9.90. The fraction of sp³-hybridized carbons (Fsp3) is 0.524. The molecule has 0 bridgehead atoms. The van der Waals surface area contributed by atoms with Gasteiger partial charge < -0.3 is 14.9 Å². The number of nitrogens with zero attached hydrogens (tertiary/aromatic N) is 2. The molecule has 3 aliphatic rings. The number of benzene rings is 1. The Kier molecular flexibility index (Phi) is 6.34. The van der Waals surface area contributed by atoms with E-state index in [4.69, 9.17) is 4.74 Å². The Labute approximate surface area is 184 Å². The number of carbonyl (C=O) groups is 2. The lowest BCUT2D eigenvalue weighted by Gasteiger charge is -2.44. The van der Waals surface area contributed by atoms with Gasteiger partial charge in [0, 0.05) is 18.3 Å². The second kappa shape index (κ2) is 8.82. The maximum atomic E-state index is 12.5. The van der Waals surface area contributed by atoms with Crippen molar-refractivity contribution in [1.29, 1.82) is 0 Å². The summed E-state index contributed by atoms with van der Waals surface area (Å²) in [4.78, 5) is 27.9. The Morgan fingerprint density at radius 3 is 2.77 bits per heavy atom. The fourth-order valence-corrected chi connectivity index (χ4v) is 7.39. The van der Waals surface area contributed by atoms with E-state index < -0.39 is 18.0 Å². The Hall–Kier alpha value is -1.68. The predicted molar refractivity (Wildman–Crippen MR) is 117 cm³/mol. The highest BCUT2D eigenvalue weighted by Crippen LogP contribution is 2.55. The zero-order valence-electron chi connectivity index (χ0n) is 16.9. The molecule has 5 atom stereocenters. The zero-order valence-corrected chi connectivity index (χ0v) is 18.6. The van der Waals surface area contributed by atoms with Crippen LogP contribution < -0.4 is 4.74 Å². The van der Waals surface area contributed by atoms with Crippen molar-refractivity contribution in [2.24, 2.45) is 5.92 Å². The van der Waals surface area contributed by atoms with Crippen LogP contribution in [-0.4, -0.2) is 67.9 Å². The van der Waals surface area contributed by atoms with Crippen LogP contribution in [0.15, 0.2) is 40.3 Å². The van der Waals surface area contributed by atoms with Crippen LogP contribution in [0.4, 0.5) is 0 Å². The van der Waals surface area contributed by atoms with E-state index in [0.29, 0.717) is 10.7 Å². The third-order valence-corrected chi connectivity index (χ3v) is 8.65. The SMILES string of the molecule is CC[C@H](O)[C@@H]1C(=O)N2C(C(=O)O)=C(SC3CCN(C(C)Oc4ccccc4)C3)S[C@H]12. The van der Waals surface area contributed by atoms with Crippen LogP contribution in [0.2, 0.25) is 0 Å². The summed E-state index contributed by atoms with van der Waals surface area (Å²) in [6.07, 6.45) is 0.587. The minimum absolute atomic E-state index is 0.0755. The normalized spacial score (nSPS) is 28.3. The molecule has 1 amide bonds. The second-order valence-electron chi connectivity index (χ2n) is 7.71. The number of hydrogen-bond donors (Lipinski definition) is 2. The number of carboxylic acids is 1. The smallest absolute Gasteiger partial charge is 0.354 e. The van der Waals surface area contributed by atoms with E-state index in [9.17, 15) is 19.8 Å². The highest BCUT2D eigenvalue weighted by Gasteiger charge is 2.58. The number of β-lactam (4-membered cyclic amide) rings is 1. The number of rotatable bonds is 8. The van der Waals surface area contributed by atoms with Crippen molar-refractivity contribution in [3.63, 3.8) is 0 Å². The van der Waals surface area contributed by atoms with E-state index in [1.807, 2.05) is 44.2 Å². The Bertz CT molecular complexity index is 849. The molecule has 4 rings (SSSR count). The van der Waals surface area contributed by atoms with Gasteiger partial charge in [-0.05, 0) is 31.9 Å². The standard InChI is InChI=1S/C21H26N2O5S2/c1-3-15(24)16-18(25)23-17(20(26)27)21(30-19(16)23)29-14-9-10-22(11-14)12(2)28-13-7-5-4-6-8-13/h4-8,12,14-16,19,24H,3,9-11H2,1-2H3,(H,26,27)/t12?,14?,15-,16+,19+/m0/s1. The average Bonchev–Trinajstić information content (AvgIpc) is 3.32. The molecule has 1 aromatic rings. The van der Waals surface area contributed by atoms with Crippen LogP contribution in [0, 0.1) is 5.92 Å². The van der Waals surface area contributed by atoms with Gasteiger partial charge in [-0.25, -0.2) is 4.79 Å². The molecule has 30 heavy (non-hydrogen) atoms. The monoisotopic (exact) mass is 450 g/mol. The molecular formula is C21H26N2O5S2. The van der Waals surface area contributed by atoms with Gasteiger partial charge in [0.2, 0.25) is 5.91 Å². The number of para-hydroxylation sites is 1. The quantitative estimate of drug-likeness (QED) is 0.585. The Morgan fingerprint density at radius 1 is 1.37 bits per heavy atom. The van der Waals surface area contributed by atoms with Gasteiger partial charge in [-0.1, -0.05) is 36.9 Å². The number of fused-ring (bicyclic) bond motifs is 1. The molecule has 162 valence electrons. The first-order valence-electron chi connectivity index (χ1n) is 10.2. The maximum Gasteiger partial charge on any atom is 0.354 e. The number of amides is 1. The number of aliphatic hydroxyl groups excluding tert-OH is 1. The molecule has 3 aliphatic heterocycles. The number of aliphatic carboxylic acids is 1. The molecule has 3 heterocycles. The molecule has 0 spiro atoms. The third-order valence-electron chi connectivity index (χ3n) is 5.80. The topological polar surface area (TPSA) is 90.3 Å². The molecule has 0 radical (unpaired) electrons. The molecule has 7 nitrogen and oxygen atoms in total. The van der Waals surface area contributed by atoms with E-state index >= 15 is 0 Å². The Morgan fingerprint density at radius 2 is 2.10 bits per heavy atom. The van der Waals surface area contributed by atoms with E-state index in [-0.39, 0.29) is 28.5 Å². The van der Waals surface area contributed by atoms with Crippen LogP contribution in [-0.2, 0) is 9.59 Å². The average molecular weight is 451 g/mol. The van der Waals surface area contributed by atoms with Gasteiger partial charge in [0.1, 0.15) is 17.4 Å². The first-order chi connectivity index (χ1) is 14.4. The first kappa shape index (κ1) is 21.5. The lowest BCUT2D eigenvalue weighted by Crippen LogP contribution is -2.61. The molecule has 2 N–H and O–H groups in total. The second-order valence-corrected chi connectivity index (χ2v) is 10.4. The molecule has 2 unspecified atom stereocenters. The number of carboxylic acid groups (broad SMARTS) is 1. The van der Waals surface area contributed by atoms with Crippen LogP contribution >= 0.6 is 23.5 Å². The van der Waals surface area contributed by atoms with Gasteiger partial charge in [0.05, 0.1) is 16.3 Å². The van der Waals surface area contributed by atoms with Crippen molar-refractivity contribution in [3.05, 3.63) is 40.3 Å². The number of ether oxygens (including phenoxy) is 1. The predicted octanol–water partition coefficient (Wildman–Crippen LogP) is 2.77. The number of hydrogen-bond acceptors (Lipinski definition) is 7. The number of carbonyl (C=O) groups excluding carboxylic acids is 1. The summed E-state index contributed by atoms with van der Waals surface area (Å²) in [5, 5.41) is 19.8. The molecule has 2 saturated heterocycles. The van der Waals surface area contributed by atoms with E-state index in [1.54, 1.807) is 0 Å². The highest BCUT2D eigenvalue weighted by molar-refractivity contribution is 8.23. The van der Waals surface area contributed by atoms with Gasteiger partial charge in [0.25, 0.3) is 0 Å². The molecule has 0 aromatic heterocycles. The summed E-state index contributed by atoms with van der Waals surface area (Å²) in [5.41, 5.74) is 0.0755. The molecular weight excluding hydrogens is 424 g/mol. The summed E-state index contributed by atoms with van der Waals surface area (Å²) < 4.78 is 6.69. The molecule has 0 saturated carbocycles. The van der Waals surface area contributed by atoms with E-state index in [0.717, 1.165) is 25.3 Å². The minimum atomic E-state index is -1.08. The fourth-order valence-electron chi connectivity index (χ4n) is 4.10.